The van der Waals surface area contributed by atoms with E-state index in [0.717, 1.165) is 10.2 Å². The molecule has 0 spiro atoms. The van der Waals surface area contributed by atoms with Crippen molar-refractivity contribution in [2.24, 2.45) is 0 Å². The summed E-state index contributed by atoms with van der Waals surface area (Å²) in [7, 11) is 0. The molecule has 1 aromatic carbocycles. The SMILES string of the molecule is Cc1cc(Br)cc(C)c1OC(C)(C)C. The van der Waals surface area contributed by atoms with Gasteiger partial charge in [0.25, 0.3) is 0 Å². The number of hydrogen-bond acceptors (Lipinski definition) is 1. The van der Waals surface area contributed by atoms with Crippen LogP contribution in [-0.4, -0.2) is 5.60 Å². The van der Waals surface area contributed by atoms with E-state index >= 15 is 0 Å². The number of ether oxygens (including phenoxy) is 1. The fourth-order valence-electron chi connectivity index (χ4n) is 1.36. The number of aryl methyl sites for hydroxylation is 2. The highest BCUT2D eigenvalue weighted by Gasteiger charge is 2.15. The van der Waals surface area contributed by atoms with Crippen LogP contribution in [-0.2, 0) is 0 Å². The van der Waals surface area contributed by atoms with Crippen LogP contribution >= 0.6 is 15.9 Å². The molecule has 1 nitrogen and oxygen atoms in total. The molecule has 0 radical (unpaired) electrons. The molecule has 0 atom stereocenters. The summed E-state index contributed by atoms with van der Waals surface area (Å²) >= 11 is 3.47. The molecule has 0 aromatic heterocycles. The van der Waals surface area contributed by atoms with Crippen molar-refractivity contribution in [3.05, 3.63) is 27.7 Å². The van der Waals surface area contributed by atoms with Gasteiger partial charge in [0.05, 0.1) is 0 Å². The predicted octanol–water partition coefficient (Wildman–Crippen LogP) is 4.24. The monoisotopic (exact) mass is 256 g/mol. The van der Waals surface area contributed by atoms with Gasteiger partial charge in [0.2, 0.25) is 0 Å². The number of rotatable bonds is 1. The van der Waals surface area contributed by atoms with Crippen LogP contribution in [0.25, 0.3) is 0 Å². The Bertz CT molecular complexity index is 314. The lowest BCUT2D eigenvalue weighted by Gasteiger charge is -2.24. The molecule has 0 saturated heterocycles. The summed E-state index contributed by atoms with van der Waals surface area (Å²) in [5.41, 5.74) is 2.21. The van der Waals surface area contributed by atoms with Gasteiger partial charge in [-0.15, -0.1) is 0 Å². The minimum absolute atomic E-state index is 0.136. The molecule has 78 valence electrons. The van der Waals surface area contributed by atoms with Gasteiger partial charge in [0.15, 0.2) is 0 Å². The summed E-state index contributed by atoms with van der Waals surface area (Å²) in [6.45, 7) is 10.3. The summed E-state index contributed by atoms with van der Waals surface area (Å²) in [5.74, 6) is 1.00. The fourth-order valence-corrected chi connectivity index (χ4v) is 2.05. The van der Waals surface area contributed by atoms with Gasteiger partial charge < -0.3 is 4.74 Å². The summed E-state index contributed by atoms with van der Waals surface area (Å²) < 4.78 is 7.00. The zero-order valence-electron chi connectivity index (χ0n) is 9.44. The predicted molar refractivity (Wildman–Crippen MR) is 64.0 cm³/mol. The second-order valence-electron chi connectivity index (χ2n) is 4.58. The smallest absolute Gasteiger partial charge is 0.125 e. The zero-order valence-corrected chi connectivity index (χ0v) is 11.0. The van der Waals surface area contributed by atoms with Gasteiger partial charge in [-0.25, -0.2) is 0 Å². The summed E-state index contributed by atoms with van der Waals surface area (Å²) in [4.78, 5) is 0. The minimum Gasteiger partial charge on any atom is -0.488 e. The number of benzene rings is 1. The average Bonchev–Trinajstić information content (AvgIpc) is 1.95. The van der Waals surface area contributed by atoms with Crippen molar-refractivity contribution in [3.63, 3.8) is 0 Å². The lowest BCUT2D eigenvalue weighted by Crippen LogP contribution is -2.23. The fraction of sp³-hybridized carbons (Fsp3) is 0.500. The summed E-state index contributed by atoms with van der Waals surface area (Å²) in [6.07, 6.45) is 0. The van der Waals surface area contributed by atoms with Crippen molar-refractivity contribution in [1.82, 2.24) is 0 Å². The van der Waals surface area contributed by atoms with Crippen molar-refractivity contribution >= 4 is 15.9 Å². The largest absolute Gasteiger partial charge is 0.488 e. The first kappa shape index (κ1) is 11.6. The van der Waals surface area contributed by atoms with E-state index in [4.69, 9.17) is 4.74 Å². The van der Waals surface area contributed by atoms with Crippen LogP contribution in [0, 0.1) is 13.8 Å². The van der Waals surface area contributed by atoms with Crippen molar-refractivity contribution in [1.29, 1.82) is 0 Å². The highest BCUT2D eigenvalue weighted by atomic mass is 79.9. The third kappa shape index (κ3) is 3.02. The van der Waals surface area contributed by atoms with E-state index in [1.165, 1.54) is 11.1 Å². The molecule has 14 heavy (non-hydrogen) atoms. The number of halogens is 1. The van der Waals surface area contributed by atoms with Gasteiger partial charge in [-0.05, 0) is 57.9 Å². The van der Waals surface area contributed by atoms with Crippen LogP contribution in [0.2, 0.25) is 0 Å². The first-order valence-electron chi connectivity index (χ1n) is 4.75. The summed E-state index contributed by atoms with van der Waals surface area (Å²) in [5, 5.41) is 0. The van der Waals surface area contributed by atoms with E-state index in [9.17, 15) is 0 Å². The number of hydrogen-bond donors (Lipinski definition) is 0. The van der Waals surface area contributed by atoms with Gasteiger partial charge in [0, 0.05) is 4.47 Å². The standard InChI is InChI=1S/C12H17BrO/c1-8-6-10(13)7-9(2)11(8)14-12(3,4)5/h6-7H,1-5H3. The molecule has 0 amide bonds. The van der Waals surface area contributed by atoms with E-state index in [1.807, 2.05) is 0 Å². The molecule has 0 heterocycles. The maximum absolute atomic E-state index is 5.90. The quantitative estimate of drug-likeness (QED) is 0.731. The van der Waals surface area contributed by atoms with Gasteiger partial charge in [-0.1, -0.05) is 15.9 Å². The molecule has 1 rings (SSSR count). The van der Waals surface area contributed by atoms with E-state index in [0.29, 0.717) is 0 Å². The highest BCUT2D eigenvalue weighted by molar-refractivity contribution is 9.10. The Morgan fingerprint density at radius 1 is 1.07 bits per heavy atom. The maximum Gasteiger partial charge on any atom is 0.125 e. The van der Waals surface area contributed by atoms with E-state index < -0.39 is 0 Å². The van der Waals surface area contributed by atoms with Crippen LogP contribution in [0.15, 0.2) is 16.6 Å². The van der Waals surface area contributed by atoms with Crippen molar-refractivity contribution < 1.29 is 4.74 Å². The Labute approximate surface area is 94.6 Å². The molecular weight excluding hydrogens is 240 g/mol. The van der Waals surface area contributed by atoms with Crippen molar-refractivity contribution in [3.8, 4) is 5.75 Å². The molecule has 0 aliphatic heterocycles. The van der Waals surface area contributed by atoms with Crippen LogP contribution in [0.4, 0.5) is 0 Å². The van der Waals surface area contributed by atoms with E-state index in [2.05, 4.69) is 62.7 Å². The normalized spacial score (nSPS) is 11.6. The van der Waals surface area contributed by atoms with Crippen LogP contribution < -0.4 is 4.74 Å². The zero-order chi connectivity index (χ0) is 10.9. The second-order valence-corrected chi connectivity index (χ2v) is 5.50. The van der Waals surface area contributed by atoms with Gasteiger partial charge in [0.1, 0.15) is 11.4 Å². The molecule has 0 aliphatic rings. The van der Waals surface area contributed by atoms with Crippen LogP contribution in [0.1, 0.15) is 31.9 Å². The first-order valence-corrected chi connectivity index (χ1v) is 5.54. The molecule has 0 N–H and O–H groups in total. The average molecular weight is 257 g/mol. The molecule has 1 aromatic rings. The third-order valence-electron chi connectivity index (χ3n) is 1.83. The topological polar surface area (TPSA) is 9.23 Å². The van der Waals surface area contributed by atoms with Gasteiger partial charge in [-0.3, -0.25) is 0 Å². The Kier molecular flexibility index (Phi) is 3.25. The van der Waals surface area contributed by atoms with E-state index in [-0.39, 0.29) is 5.60 Å². The Morgan fingerprint density at radius 2 is 1.50 bits per heavy atom. The second kappa shape index (κ2) is 3.93. The Hall–Kier alpha value is -0.500. The molecule has 0 saturated carbocycles. The van der Waals surface area contributed by atoms with Crippen molar-refractivity contribution in [2.75, 3.05) is 0 Å². The van der Waals surface area contributed by atoms with Gasteiger partial charge in [-0.2, -0.15) is 0 Å². The van der Waals surface area contributed by atoms with Gasteiger partial charge >= 0.3 is 0 Å². The lowest BCUT2D eigenvalue weighted by molar-refractivity contribution is 0.128. The van der Waals surface area contributed by atoms with Crippen LogP contribution in [0.3, 0.4) is 0 Å². The lowest BCUT2D eigenvalue weighted by atomic mass is 10.1. The minimum atomic E-state index is -0.136. The first-order chi connectivity index (χ1) is 6.29. The third-order valence-corrected chi connectivity index (χ3v) is 2.29. The van der Waals surface area contributed by atoms with Crippen LogP contribution in [0.5, 0.6) is 5.75 Å². The highest BCUT2D eigenvalue weighted by Crippen LogP contribution is 2.29. The molecular formula is C12H17BrO. The molecule has 0 fully saturated rings. The maximum atomic E-state index is 5.90. The van der Waals surface area contributed by atoms with Crippen molar-refractivity contribution in [2.45, 2.75) is 40.2 Å². The Balaban J connectivity index is 3.09. The van der Waals surface area contributed by atoms with E-state index in [1.54, 1.807) is 0 Å². The molecule has 0 aliphatic carbocycles. The molecule has 0 unspecified atom stereocenters. The Morgan fingerprint density at radius 3 is 1.86 bits per heavy atom. The molecule has 0 bridgehead atoms. The summed E-state index contributed by atoms with van der Waals surface area (Å²) in [6, 6.07) is 4.15. The molecule has 2 heteroatoms.